The van der Waals surface area contributed by atoms with Gasteiger partial charge in [-0.25, -0.2) is 0 Å². The Labute approximate surface area is 118 Å². The highest BCUT2D eigenvalue weighted by Crippen LogP contribution is 2.29. The fourth-order valence-electron chi connectivity index (χ4n) is 1.78. The van der Waals surface area contributed by atoms with Crippen LogP contribution in [0.25, 0.3) is 0 Å². The maximum atomic E-state index is 11.4. The van der Waals surface area contributed by atoms with Gasteiger partial charge in [0.15, 0.2) is 6.61 Å². The summed E-state index contributed by atoms with van der Waals surface area (Å²) in [6.45, 7) is 3.18. The molecule has 0 atom stereocenters. The molecule has 0 heterocycles. The predicted octanol–water partition coefficient (Wildman–Crippen LogP) is 2.11. The Bertz CT molecular complexity index is 447. The van der Waals surface area contributed by atoms with Crippen molar-refractivity contribution in [3.05, 3.63) is 28.8 Å². The lowest BCUT2D eigenvalue weighted by Crippen LogP contribution is -2.28. The van der Waals surface area contributed by atoms with Gasteiger partial charge >= 0.3 is 0 Å². The topological polar surface area (TPSA) is 50.4 Å². The van der Waals surface area contributed by atoms with E-state index in [4.69, 9.17) is 16.3 Å². The lowest BCUT2D eigenvalue weighted by molar-refractivity contribution is -0.122. The zero-order valence-electron chi connectivity index (χ0n) is 11.0. The summed E-state index contributed by atoms with van der Waals surface area (Å²) in [6, 6.07) is 6.25. The van der Waals surface area contributed by atoms with Gasteiger partial charge in [0.25, 0.3) is 5.91 Å². The molecule has 0 spiro atoms. The number of halogens is 1. The molecule has 0 radical (unpaired) electrons. The quantitative estimate of drug-likeness (QED) is 0.805. The van der Waals surface area contributed by atoms with Crippen molar-refractivity contribution in [2.75, 3.05) is 13.2 Å². The van der Waals surface area contributed by atoms with E-state index in [1.165, 1.54) is 12.8 Å². The van der Waals surface area contributed by atoms with Gasteiger partial charge < -0.3 is 15.4 Å². The van der Waals surface area contributed by atoms with Crippen molar-refractivity contribution in [1.29, 1.82) is 0 Å². The van der Waals surface area contributed by atoms with Crippen LogP contribution in [0.5, 0.6) is 5.75 Å². The number of nitrogens with one attached hydrogen (secondary N) is 2. The van der Waals surface area contributed by atoms with E-state index >= 15 is 0 Å². The molecule has 2 rings (SSSR count). The van der Waals surface area contributed by atoms with Crippen molar-refractivity contribution >= 4 is 17.5 Å². The molecule has 1 aliphatic carbocycles. The molecule has 104 valence electrons. The van der Waals surface area contributed by atoms with Gasteiger partial charge in [-0.3, -0.25) is 4.79 Å². The van der Waals surface area contributed by atoms with E-state index in [1.54, 1.807) is 6.07 Å². The van der Waals surface area contributed by atoms with Gasteiger partial charge in [-0.05, 0) is 25.8 Å². The summed E-state index contributed by atoms with van der Waals surface area (Å²) >= 11 is 6.14. The van der Waals surface area contributed by atoms with E-state index < -0.39 is 0 Å². The zero-order chi connectivity index (χ0) is 13.7. The molecule has 4 nitrogen and oxygen atoms in total. The van der Waals surface area contributed by atoms with Crippen LogP contribution in [0, 0.1) is 0 Å². The Hall–Kier alpha value is -1.26. The van der Waals surface area contributed by atoms with Crippen LogP contribution in [0.2, 0.25) is 5.02 Å². The lowest BCUT2D eigenvalue weighted by atomic mass is 10.2. The minimum atomic E-state index is -0.136. The average molecular weight is 283 g/mol. The molecular formula is C14H19ClN2O2. The number of para-hydroxylation sites is 1. The minimum Gasteiger partial charge on any atom is -0.482 e. The monoisotopic (exact) mass is 282 g/mol. The van der Waals surface area contributed by atoms with Gasteiger partial charge in [-0.1, -0.05) is 23.7 Å². The molecule has 2 N–H and O–H groups in total. The molecule has 1 aromatic rings. The summed E-state index contributed by atoms with van der Waals surface area (Å²) in [5.41, 5.74) is 0.990. The third kappa shape index (κ3) is 4.40. The van der Waals surface area contributed by atoms with Crippen molar-refractivity contribution in [1.82, 2.24) is 10.6 Å². The molecule has 1 saturated carbocycles. The van der Waals surface area contributed by atoms with E-state index in [1.807, 2.05) is 19.1 Å². The van der Waals surface area contributed by atoms with Gasteiger partial charge in [0, 0.05) is 24.7 Å². The molecule has 19 heavy (non-hydrogen) atoms. The molecule has 5 heteroatoms. The zero-order valence-corrected chi connectivity index (χ0v) is 11.8. The highest BCUT2D eigenvalue weighted by Gasteiger charge is 2.21. The Morgan fingerprint density at radius 2 is 2.26 bits per heavy atom. The average Bonchev–Trinajstić information content (AvgIpc) is 3.19. The molecular weight excluding hydrogens is 264 g/mol. The van der Waals surface area contributed by atoms with Crippen LogP contribution in [-0.2, 0) is 11.3 Å². The second-order valence-electron chi connectivity index (χ2n) is 4.63. The maximum Gasteiger partial charge on any atom is 0.257 e. The predicted molar refractivity (Wildman–Crippen MR) is 75.5 cm³/mol. The van der Waals surface area contributed by atoms with Crippen LogP contribution >= 0.6 is 11.6 Å². The Morgan fingerprint density at radius 3 is 2.95 bits per heavy atom. The number of likely N-dealkylation sites (N-methyl/N-ethyl adjacent to an activating group) is 1. The standard InChI is InChI=1S/C14H19ClN2O2/c1-2-16-13(18)9-19-14-10(4-3-5-12(14)15)8-17-11-6-7-11/h3-5,11,17H,2,6-9H2,1H3,(H,16,18). The normalized spacial score (nSPS) is 14.2. The molecule has 1 amide bonds. The molecule has 1 fully saturated rings. The van der Waals surface area contributed by atoms with Crippen LogP contribution < -0.4 is 15.4 Å². The first kappa shape index (κ1) is 14.2. The Kier molecular flexibility index (Phi) is 5.05. The number of hydrogen-bond donors (Lipinski definition) is 2. The summed E-state index contributed by atoms with van der Waals surface area (Å²) in [4.78, 5) is 11.4. The van der Waals surface area contributed by atoms with Crippen LogP contribution in [0.1, 0.15) is 25.3 Å². The van der Waals surface area contributed by atoms with Crippen molar-refractivity contribution < 1.29 is 9.53 Å². The fraction of sp³-hybridized carbons (Fsp3) is 0.500. The lowest BCUT2D eigenvalue weighted by Gasteiger charge is -2.13. The van der Waals surface area contributed by atoms with Crippen molar-refractivity contribution in [2.24, 2.45) is 0 Å². The first-order valence-corrected chi connectivity index (χ1v) is 6.98. The van der Waals surface area contributed by atoms with Gasteiger partial charge in [-0.15, -0.1) is 0 Å². The highest BCUT2D eigenvalue weighted by molar-refractivity contribution is 6.32. The largest absolute Gasteiger partial charge is 0.482 e. The first-order valence-electron chi connectivity index (χ1n) is 6.61. The molecule has 0 unspecified atom stereocenters. The smallest absolute Gasteiger partial charge is 0.257 e. The second-order valence-corrected chi connectivity index (χ2v) is 5.03. The molecule has 0 aromatic heterocycles. The van der Waals surface area contributed by atoms with Crippen molar-refractivity contribution in [3.63, 3.8) is 0 Å². The van der Waals surface area contributed by atoms with E-state index in [-0.39, 0.29) is 12.5 Å². The summed E-state index contributed by atoms with van der Waals surface area (Å²) in [7, 11) is 0. The van der Waals surface area contributed by atoms with Crippen molar-refractivity contribution in [3.8, 4) is 5.75 Å². The Morgan fingerprint density at radius 1 is 1.47 bits per heavy atom. The van der Waals surface area contributed by atoms with Crippen LogP contribution in [-0.4, -0.2) is 25.1 Å². The van der Waals surface area contributed by atoms with Gasteiger partial charge in [0.2, 0.25) is 0 Å². The summed E-state index contributed by atoms with van der Waals surface area (Å²) in [5.74, 6) is 0.465. The molecule has 0 saturated heterocycles. The number of carbonyl (C=O) groups excluding carboxylic acids is 1. The number of hydrogen-bond acceptors (Lipinski definition) is 3. The number of carbonyl (C=O) groups is 1. The third-order valence-corrected chi connectivity index (χ3v) is 3.23. The number of ether oxygens (including phenoxy) is 1. The second kappa shape index (κ2) is 6.78. The van der Waals surface area contributed by atoms with Gasteiger partial charge in [-0.2, -0.15) is 0 Å². The highest BCUT2D eigenvalue weighted by atomic mass is 35.5. The van der Waals surface area contributed by atoms with Gasteiger partial charge in [0.05, 0.1) is 5.02 Å². The van der Waals surface area contributed by atoms with Gasteiger partial charge in [0.1, 0.15) is 5.75 Å². The molecule has 1 aliphatic rings. The number of benzene rings is 1. The SMILES string of the molecule is CCNC(=O)COc1c(Cl)cccc1CNC1CC1. The summed E-state index contributed by atoms with van der Waals surface area (Å²) in [5, 5.41) is 6.65. The summed E-state index contributed by atoms with van der Waals surface area (Å²) in [6.07, 6.45) is 2.46. The molecule has 0 aliphatic heterocycles. The van der Waals surface area contributed by atoms with Crippen molar-refractivity contribution in [2.45, 2.75) is 32.4 Å². The third-order valence-electron chi connectivity index (χ3n) is 2.93. The van der Waals surface area contributed by atoms with E-state index in [2.05, 4.69) is 10.6 Å². The van der Waals surface area contributed by atoms with E-state index in [9.17, 15) is 4.79 Å². The van der Waals surface area contributed by atoms with Crippen LogP contribution in [0.15, 0.2) is 18.2 Å². The van der Waals surface area contributed by atoms with Crippen LogP contribution in [0.4, 0.5) is 0 Å². The molecule has 1 aromatic carbocycles. The number of rotatable bonds is 7. The van der Waals surface area contributed by atoms with E-state index in [0.717, 1.165) is 12.1 Å². The Balaban J connectivity index is 1.97. The fourth-order valence-corrected chi connectivity index (χ4v) is 2.03. The van der Waals surface area contributed by atoms with Crippen LogP contribution in [0.3, 0.4) is 0 Å². The van der Waals surface area contributed by atoms with E-state index in [0.29, 0.717) is 23.4 Å². The maximum absolute atomic E-state index is 11.4. The number of amides is 1. The molecule has 0 bridgehead atoms. The summed E-state index contributed by atoms with van der Waals surface area (Å²) < 4.78 is 5.55. The first-order chi connectivity index (χ1) is 9.20. The minimum absolute atomic E-state index is 0.00595.